The highest BCUT2D eigenvalue weighted by molar-refractivity contribution is 14.0. The molecule has 6 nitrogen and oxygen atoms in total. The Morgan fingerprint density at radius 3 is 2.88 bits per heavy atom. The molecule has 0 aromatic heterocycles. The van der Waals surface area contributed by atoms with E-state index in [4.69, 9.17) is 31.5 Å². The first-order valence-electron chi connectivity index (χ1n) is 7.95. The van der Waals surface area contributed by atoms with E-state index in [0.717, 1.165) is 17.0 Å². The maximum atomic E-state index is 6.23. The lowest BCUT2D eigenvalue weighted by Gasteiger charge is -2.20. The predicted octanol–water partition coefficient (Wildman–Crippen LogP) is 3.71. The van der Waals surface area contributed by atoms with Gasteiger partial charge < -0.3 is 25.3 Å². The lowest BCUT2D eigenvalue weighted by Crippen LogP contribution is -2.23. The molecule has 1 aliphatic heterocycles. The Morgan fingerprint density at radius 1 is 1.27 bits per heavy atom. The van der Waals surface area contributed by atoms with Gasteiger partial charge >= 0.3 is 0 Å². The van der Waals surface area contributed by atoms with Crippen LogP contribution in [0.2, 0.25) is 5.02 Å². The Labute approximate surface area is 174 Å². The van der Waals surface area contributed by atoms with Crippen molar-refractivity contribution in [2.75, 3.05) is 32.2 Å². The minimum atomic E-state index is 0. The topological polar surface area (TPSA) is 78.1 Å². The molecule has 0 amide bonds. The summed E-state index contributed by atoms with van der Waals surface area (Å²) in [6.07, 6.45) is 0.691. The Hall–Kier alpha value is -1.87. The molecule has 8 heteroatoms. The zero-order valence-corrected chi connectivity index (χ0v) is 17.4. The fourth-order valence-electron chi connectivity index (χ4n) is 2.50. The standard InChI is InChI=1S/C18H20ClN3O3.HI/c1-23-14-4-2-3-13(11-14)22-18(20)21-6-5-12-9-15(19)17-16(10-12)24-7-8-25-17;/h2-4,9-11H,5-8H2,1H3,(H3,20,21,22);1H. The number of anilines is 1. The van der Waals surface area contributed by atoms with Gasteiger partial charge in [0.05, 0.1) is 12.1 Å². The molecule has 3 N–H and O–H groups in total. The second-order valence-electron chi connectivity index (χ2n) is 5.48. The van der Waals surface area contributed by atoms with E-state index in [0.29, 0.717) is 48.7 Å². The largest absolute Gasteiger partial charge is 0.497 e. The quantitative estimate of drug-likeness (QED) is 0.380. The van der Waals surface area contributed by atoms with Gasteiger partial charge in [-0.15, -0.1) is 24.0 Å². The van der Waals surface area contributed by atoms with Gasteiger partial charge in [0.2, 0.25) is 0 Å². The average Bonchev–Trinajstić information content (AvgIpc) is 2.62. The van der Waals surface area contributed by atoms with Crippen LogP contribution in [0.5, 0.6) is 17.2 Å². The first-order chi connectivity index (χ1) is 12.2. The highest BCUT2D eigenvalue weighted by Crippen LogP contribution is 2.38. The fraction of sp³-hybridized carbons (Fsp3) is 0.278. The first-order valence-corrected chi connectivity index (χ1v) is 8.32. The molecular weight excluding hydrogens is 469 g/mol. The zero-order chi connectivity index (χ0) is 17.6. The number of aliphatic imine (C=N–C) groups is 1. The van der Waals surface area contributed by atoms with Crippen molar-refractivity contribution in [3.63, 3.8) is 0 Å². The maximum Gasteiger partial charge on any atom is 0.193 e. The van der Waals surface area contributed by atoms with Crippen molar-refractivity contribution in [2.24, 2.45) is 10.7 Å². The molecule has 0 unspecified atom stereocenters. The third-order valence-corrected chi connectivity index (χ3v) is 3.96. The molecular formula is C18H21ClIN3O3. The van der Waals surface area contributed by atoms with Crippen LogP contribution < -0.4 is 25.3 Å². The predicted molar refractivity (Wildman–Crippen MR) is 115 cm³/mol. The average molecular weight is 490 g/mol. The Morgan fingerprint density at radius 2 is 2.08 bits per heavy atom. The number of hydrogen-bond donors (Lipinski definition) is 2. The molecule has 1 aliphatic rings. The summed E-state index contributed by atoms with van der Waals surface area (Å²) in [5, 5.41) is 3.60. The molecule has 3 rings (SSSR count). The number of nitrogens with two attached hydrogens (primary N) is 1. The summed E-state index contributed by atoms with van der Waals surface area (Å²) in [4.78, 5) is 4.34. The van der Waals surface area contributed by atoms with Gasteiger partial charge in [-0.3, -0.25) is 4.99 Å². The van der Waals surface area contributed by atoms with E-state index in [9.17, 15) is 0 Å². The molecule has 0 aliphatic carbocycles. The first kappa shape index (κ1) is 20.4. The minimum absolute atomic E-state index is 0. The summed E-state index contributed by atoms with van der Waals surface area (Å²) >= 11 is 6.23. The molecule has 0 saturated carbocycles. The molecule has 0 fully saturated rings. The molecule has 0 atom stereocenters. The van der Waals surface area contributed by atoms with Crippen LogP contribution in [0, 0.1) is 0 Å². The molecule has 2 aromatic rings. The highest BCUT2D eigenvalue weighted by Gasteiger charge is 2.16. The third-order valence-electron chi connectivity index (χ3n) is 3.68. The number of fused-ring (bicyclic) bond motifs is 1. The number of nitrogens with one attached hydrogen (secondary N) is 1. The van der Waals surface area contributed by atoms with Gasteiger partial charge in [-0.25, -0.2) is 0 Å². The Kier molecular flexibility index (Phi) is 7.65. The van der Waals surface area contributed by atoms with Crippen LogP contribution in [0.4, 0.5) is 5.69 Å². The Bertz CT molecular complexity index is 786. The summed E-state index contributed by atoms with van der Waals surface area (Å²) in [6.45, 7) is 1.57. The number of methoxy groups -OCH3 is 1. The summed E-state index contributed by atoms with van der Waals surface area (Å²) in [5.41, 5.74) is 7.77. The van der Waals surface area contributed by atoms with Crippen LogP contribution >= 0.6 is 35.6 Å². The molecule has 0 bridgehead atoms. The summed E-state index contributed by atoms with van der Waals surface area (Å²) in [5.74, 6) is 2.39. The van der Waals surface area contributed by atoms with Gasteiger partial charge in [0.15, 0.2) is 17.5 Å². The van der Waals surface area contributed by atoms with Crippen molar-refractivity contribution in [2.45, 2.75) is 6.42 Å². The smallest absolute Gasteiger partial charge is 0.193 e. The summed E-state index contributed by atoms with van der Waals surface area (Å²) in [7, 11) is 1.62. The van der Waals surface area contributed by atoms with Gasteiger partial charge in [0, 0.05) is 18.3 Å². The van der Waals surface area contributed by atoms with E-state index >= 15 is 0 Å². The lowest BCUT2D eigenvalue weighted by molar-refractivity contribution is 0.171. The van der Waals surface area contributed by atoms with E-state index in [2.05, 4.69) is 10.3 Å². The molecule has 2 aromatic carbocycles. The number of nitrogens with zero attached hydrogens (tertiary/aromatic N) is 1. The van der Waals surface area contributed by atoms with Crippen LogP contribution in [0.15, 0.2) is 41.4 Å². The monoisotopic (exact) mass is 489 g/mol. The van der Waals surface area contributed by atoms with E-state index in [1.54, 1.807) is 7.11 Å². The van der Waals surface area contributed by atoms with Crippen LogP contribution in [0.25, 0.3) is 0 Å². The molecule has 1 heterocycles. The lowest BCUT2D eigenvalue weighted by atomic mass is 10.1. The fourth-order valence-corrected chi connectivity index (χ4v) is 2.79. The van der Waals surface area contributed by atoms with Gasteiger partial charge in [0.25, 0.3) is 0 Å². The van der Waals surface area contributed by atoms with Crippen molar-refractivity contribution in [3.8, 4) is 17.2 Å². The SMILES string of the molecule is COc1cccc(NC(N)=NCCc2cc(Cl)c3c(c2)OCCO3)c1.I. The van der Waals surface area contributed by atoms with Crippen molar-refractivity contribution in [1.29, 1.82) is 0 Å². The van der Waals surface area contributed by atoms with Gasteiger partial charge in [-0.05, 0) is 36.2 Å². The highest BCUT2D eigenvalue weighted by atomic mass is 127. The van der Waals surface area contributed by atoms with Gasteiger partial charge in [0.1, 0.15) is 19.0 Å². The van der Waals surface area contributed by atoms with Crippen molar-refractivity contribution in [1.82, 2.24) is 0 Å². The molecule has 0 spiro atoms. The number of hydrogen-bond acceptors (Lipinski definition) is 4. The summed E-state index contributed by atoms with van der Waals surface area (Å²) < 4.78 is 16.3. The summed E-state index contributed by atoms with van der Waals surface area (Å²) in [6, 6.07) is 11.3. The van der Waals surface area contributed by atoms with Crippen LogP contribution in [-0.4, -0.2) is 32.8 Å². The Balaban J connectivity index is 0.00000243. The van der Waals surface area contributed by atoms with Crippen molar-refractivity contribution < 1.29 is 14.2 Å². The minimum Gasteiger partial charge on any atom is -0.497 e. The maximum absolute atomic E-state index is 6.23. The van der Waals surface area contributed by atoms with Crippen LogP contribution in [0.1, 0.15) is 5.56 Å². The number of guanidine groups is 1. The number of benzene rings is 2. The molecule has 26 heavy (non-hydrogen) atoms. The van der Waals surface area contributed by atoms with Gasteiger partial charge in [-0.1, -0.05) is 17.7 Å². The second kappa shape index (κ2) is 9.72. The third kappa shape index (κ3) is 5.31. The van der Waals surface area contributed by atoms with Crippen LogP contribution in [-0.2, 0) is 6.42 Å². The number of ether oxygens (including phenoxy) is 3. The van der Waals surface area contributed by atoms with E-state index in [-0.39, 0.29) is 24.0 Å². The normalized spacial score (nSPS) is 12.9. The van der Waals surface area contributed by atoms with Crippen LogP contribution in [0.3, 0.4) is 0 Å². The second-order valence-corrected chi connectivity index (χ2v) is 5.88. The molecule has 0 saturated heterocycles. The van der Waals surface area contributed by atoms with E-state index in [1.807, 2.05) is 36.4 Å². The molecule has 0 radical (unpaired) electrons. The van der Waals surface area contributed by atoms with Crippen molar-refractivity contribution >= 4 is 47.2 Å². The zero-order valence-electron chi connectivity index (χ0n) is 14.3. The van der Waals surface area contributed by atoms with E-state index < -0.39 is 0 Å². The molecule has 140 valence electrons. The number of halogens is 2. The van der Waals surface area contributed by atoms with Crippen molar-refractivity contribution in [3.05, 3.63) is 47.0 Å². The van der Waals surface area contributed by atoms with Gasteiger partial charge in [-0.2, -0.15) is 0 Å². The number of rotatable bonds is 5. The van der Waals surface area contributed by atoms with E-state index in [1.165, 1.54) is 0 Å².